The highest BCUT2D eigenvalue weighted by molar-refractivity contribution is 9.10. The molecule has 1 amide bonds. The van der Waals surface area contributed by atoms with Gasteiger partial charge in [-0.1, -0.05) is 22.0 Å². The number of piperidine rings is 1. The number of likely N-dealkylation sites (tertiary alicyclic amines) is 1. The number of hydrogen-bond donors (Lipinski definition) is 1. The minimum absolute atomic E-state index is 0.120. The number of hydrogen-bond acceptors (Lipinski definition) is 2. The number of carbonyl (C=O) groups is 1. The first-order chi connectivity index (χ1) is 9.13. The standard InChI is InChI=1S/C15H19BrN2O/c16-13-4-3-10-6-12(7-11(10)8-13)15(19)18-5-1-2-14(17)9-18/h3-4,8,12,14H,1-2,5-7,9,17H2. The quantitative estimate of drug-likeness (QED) is 0.860. The molecule has 2 unspecified atom stereocenters. The summed E-state index contributed by atoms with van der Waals surface area (Å²) in [6.45, 7) is 1.61. The average molecular weight is 323 g/mol. The van der Waals surface area contributed by atoms with E-state index in [1.165, 1.54) is 11.1 Å². The van der Waals surface area contributed by atoms with E-state index in [4.69, 9.17) is 5.73 Å². The van der Waals surface area contributed by atoms with Gasteiger partial charge in [-0.05, 0) is 48.9 Å². The summed E-state index contributed by atoms with van der Waals surface area (Å²) in [6, 6.07) is 6.50. The zero-order chi connectivity index (χ0) is 13.4. The first kappa shape index (κ1) is 13.1. The van der Waals surface area contributed by atoms with E-state index >= 15 is 0 Å². The van der Waals surface area contributed by atoms with Gasteiger partial charge in [0, 0.05) is 29.5 Å². The summed E-state index contributed by atoms with van der Waals surface area (Å²) in [5, 5.41) is 0. The Kier molecular flexibility index (Phi) is 3.63. The Bertz CT molecular complexity index is 503. The van der Waals surface area contributed by atoms with Crippen LogP contribution in [0.15, 0.2) is 22.7 Å². The van der Waals surface area contributed by atoms with Crippen LogP contribution < -0.4 is 5.73 Å². The van der Waals surface area contributed by atoms with Crippen LogP contribution in [0.3, 0.4) is 0 Å². The van der Waals surface area contributed by atoms with Crippen molar-refractivity contribution in [3.05, 3.63) is 33.8 Å². The van der Waals surface area contributed by atoms with Crippen LogP contribution in [0.5, 0.6) is 0 Å². The molecule has 0 bridgehead atoms. The molecule has 1 aliphatic carbocycles. The molecule has 3 rings (SSSR count). The molecule has 19 heavy (non-hydrogen) atoms. The van der Waals surface area contributed by atoms with Gasteiger partial charge in [-0.25, -0.2) is 0 Å². The maximum Gasteiger partial charge on any atom is 0.226 e. The molecule has 1 saturated heterocycles. The lowest BCUT2D eigenvalue weighted by molar-refractivity contribution is -0.136. The lowest BCUT2D eigenvalue weighted by Crippen LogP contribution is -2.47. The van der Waals surface area contributed by atoms with Crippen LogP contribution in [0, 0.1) is 5.92 Å². The maximum absolute atomic E-state index is 12.6. The summed E-state index contributed by atoms with van der Waals surface area (Å²) in [6.07, 6.45) is 3.84. The van der Waals surface area contributed by atoms with Crippen molar-refractivity contribution in [1.82, 2.24) is 4.90 Å². The smallest absolute Gasteiger partial charge is 0.226 e. The molecule has 1 heterocycles. The summed E-state index contributed by atoms with van der Waals surface area (Å²) < 4.78 is 1.10. The molecular weight excluding hydrogens is 304 g/mol. The molecule has 1 fully saturated rings. The van der Waals surface area contributed by atoms with Gasteiger partial charge in [0.2, 0.25) is 5.91 Å². The zero-order valence-corrected chi connectivity index (χ0v) is 12.5. The minimum Gasteiger partial charge on any atom is -0.341 e. The van der Waals surface area contributed by atoms with Crippen molar-refractivity contribution in [3.8, 4) is 0 Å². The van der Waals surface area contributed by atoms with Crippen molar-refractivity contribution in [3.63, 3.8) is 0 Å². The number of rotatable bonds is 1. The number of benzene rings is 1. The van der Waals surface area contributed by atoms with Crippen molar-refractivity contribution in [2.75, 3.05) is 13.1 Å². The van der Waals surface area contributed by atoms with Crippen molar-refractivity contribution < 1.29 is 4.79 Å². The number of nitrogens with zero attached hydrogens (tertiary/aromatic N) is 1. The van der Waals surface area contributed by atoms with E-state index in [1.807, 2.05) is 4.90 Å². The fourth-order valence-electron chi connectivity index (χ4n) is 3.23. The topological polar surface area (TPSA) is 46.3 Å². The second kappa shape index (κ2) is 5.25. The third-order valence-corrected chi connectivity index (χ3v) is 4.71. The number of fused-ring (bicyclic) bond motifs is 1. The van der Waals surface area contributed by atoms with Gasteiger partial charge in [-0.2, -0.15) is 0 Å². The van der Waals surface area contributed by atoms with Gasteiger partial charge < -0.3 is 10.6 Å². The molecule has 102 valence electrons. The Balaban J connectivity index is 1.70. The van der Waals surface area contributed by atoms with E-state index in [0.717, 1.165) is 43.2 Å². The number of carbonyl (C=O) groups excluding carboxylic acids is 1. The second-order valence-electron chi connectivity index (χ2n) is 5.70. The van der Waals surface area contributed by atoms with Gasteiger partial charge in [0.15, 0.2) is 0 Å². The second-order valence-corrected chi connectivity index (χ2v) is 6.62. The van der Waals surface area contributed by atoms with Crippen LogP contribution >= 0.6 is 15.9 Å². The molecule has 1 aliphatic heterocycles. The van der Waals surface area contributed by atoms with Crippen molar-refractivity contribution in [1.29, 1.82) is 0 Å². The molecule has 1 aromatic carbocycles. The predicted molar refractivity (Wildman–Crippen MR) is 78.8 cm³/mol. The fraction of sp³-hybridized carbons (Fsp3) is 0.533. The number of nitrogens with two attached hydrogens (primary N) is 1. The van der Waals surface area contributed by atoms with Crippen molar-refractivity contribution in [2.24, 2.45) is 11.7 Å². The highest BCUT2D eigenvalue weighted by Gasteiger charge is 2.32. The third-order valence-electron chi connectivity index (χ3n) is 4.22. The van der Waals surface area contributed by atoms with E-state index in [0.29, 0.717) is 5.91 Å². The van der Waals surface area contributed by atoms with Gasteiger partial charge in [-0.3, -0.25) is 4.79 Å². The Hall–Kier alpha value is -0.870. The summed E-state index contributed by atoms with van der Waals surface area (Å²) in [7, 11) is 0. The third kappa shape index (κ3) is 2.70. The molecule has 0 radical (unpaired) electrons. The van der Waals surface area contributed by atoms with Crippen LogP contribution in [-0.2, 0) is 17.6 Å². The van der Waals surface area contributed by atoms with Gasteiger partial charge >= 0.3 is 0 Å². The molecule has 1 aromatic rings. The Morgan fingerprint density at radius 1 is 1.32 bits per heavy atom. The van der Waals surface area contributed by atoms with E-state index in [9.17, 15) is 4.79 Å². The van der Waals surface area contributed by atoms with Crippen LogP contribution in [0.4, 0.5) is 0 Å². The van der Waals surface area contributed by atoms with Crippen LogP contribution in [-0.4, -0.2) is 29.9 Å². The van der Waals surface area contributed by atoms with Crippen LogP contribution in [0.25, 0.3) is 0 Å². The van der Waals surface area contributed by atoms with E-state index in [1.54, 1.807) is 0 Å². The van der Waals surface area contributed by atoms with Crippen LogP contribution in [0.1, 0.15) is 24.0 Å². The van der Waals surface area contributed by atoms with Crippen molar-refractivity contribution in [2.45, 2.75) is 31.7 Å². The lowest BCUT2D eigenvalue weighted by atomic mass is 10.0. The first-order valence-electron chi connectivity index (χ1n) is 6.95. The summed E-state index contributed by atoms with van der Waals surface area (Å²) in [4.78, 5) is 14.5. The number of halogens is 1. The lowest BCUT2D eigenvalue weighted by Gasteiger charge is -2.32. The molecule has 3 nitrogen and oxygen atoms in total. The van der Waals surface area contributed by atoms with E-state index in [-0.39, 0.29) is 12.0 Å². The number of amides is 1. The zero-order valence-electron chi connectivity index (χ0n) is 10.9. The average Bonchev–Trinajstić information content (AvgIpc) is 2.80. The Morgan fingerprint density at radius 3 is 2.89 bits per heavy atom. The minimum atomic E-state index is 0.120. The predicted octanol–water partition coefficient (Wildman–Crippen LogP) is 2.11. The summed E-state index contributed by atoms with van der Waals surface area (Å²) in [5.41, 5.74) is 8.60. The molecule has 2 aliphatic rings. The van der Waals surface area contributed by atoms with Gasteiger partial charge in [0.25, 0.3) is 0 Å². The Labute approximate surface area is 122 Å². The molecular formula is C15H19BrN2O. The monoisotopic (exact) mass is 322 g/mol. The Morgan fingerprint density at radius 2 is 2.11 bits per heavy atom. The van der Waals surface area contributed by atoms with Crippen LogP contribution in [0.2, 0.25) is 0 Å². The highest BCUT2D eigenvalue weighted by Crippen LogP contribution is 2.30. The maximum atomic E-state index is 12.6. The molecule has 2 atom stereocenters. The van der Waals surface area contributed by atoms with Gasteiger partial charge in [0.1, 0.15) is 0 Å². The van der Waals surface area contributed by atoms with E-state index < -0.39 is 0 Å². The molecule has 4 heteroatoms. The van der Waals surface area contributed by atoms with Gasteiger partial charge in [0.05, 0.1) is 0 Å². The fourth-order valence-corrected chi connectivity index (χ4v) is 3.64. The highest BCUT2D eigenvalue weighted by atomic mass is 79.9. The molecule has 0 aromatic heterocycles. The SMILES string of the molecule is NC1CCCN(C(=O)C2Cc3ccc(Br)cc3C2)C1. The molecule has 0 saturated carbocycles. The van der Waals surface area contributed by atoms with E-state index in [2.05, 4.69) is 34.1 Å². The van der Waals surface area contributed by atoms with Gasteiger partial charge in [-0.15, -0.1) is 0 Å². The normalized spacial score (nSPS) is 26.3. The van der Waals surface area contributed by atoms with Crippen molar-refractivity contribution >= 4 is 21.8 Å². The molecule has 0 spiro atoms. The summed E-state index contributed by atoms with van der Waals surface area (Å²) >= 11 is 3.49. The first-order valence-corrected chi connectivity index (χ1v) is 7.74. The summed E-state index contributed by atoms with van der Waals surface area (Å²) in [5.74, 6) is 0.414. The molecule has 2 N–H and O–H groups in total. The largest absolute Gasteiger partial charge is 0.341 e.